The number of ether oxygens (including phenoxy) is 1. The molecule has 0 aromatic carbocycles. The number of hydrogen-bond acceptors (Lipinski definition) is 7. The molecule has 47 heavy (non-hydrogen) atoms. The molecule has 270 valence electrons. The van der Waals surface area contributed by atoms with Gasteiger partial charge in [-0.2, -0.15) is 10.6 Å². The van der Waals surface area contributed by atoms with Crippen molar-refractivity contribution in [1.82, 2.24) is 15.1 Å². The summed E-state index contributed by atoms with van der Waals surface area (Å²) < 4.78 is 25.1. The third-order valence-electron chi connectivity index (χ3n) is 16.4. The number of allylic oxidation sites excluding steroid dienone is 1. The fourth-order valence-electron chi connectivity index (χ4n) is 13.6. The minimum absolute atomic E-state index is 0.0125. The summed E-state index contributed by atoms with van der Waals surface area (Å²) in [6.45, 7) is 26.1. The zero-order valence-electron chi connectivity index (χ0n) is 31.0. The number of piperidine rings is 1. The number of carbonyl (C=O) groups excluding carboxylic acids is 1. The summed E-state index contributed by atoms with van der Waals surface area (Å²) in [5.74, 6) is 4.41. The number of likely N-dealkylation sites (tertiary alicyclic amines) is 1. The van der Waals surface area contributed by atoms with Crippen molar-refractivity contribution in [3.63, 3.8) is 0 Å². The van der Waals surface area contributed by atoms with Crippen LogP contribution in [0.15, 0.2) is 12.2 Å². The Morgan fingerprint density at radius 1 is 0.915 bits per heavy atom. The smallest absolute Gasteiger partial charge is 0.319 e. The summed E-state index contributed by atoms with van der Waals surface area (Å²) in [4.78, 5) is 17.2. The molecular formula is C39H69N3O4S. The van der Waals surface area contributed by atoms with Crippen molar-refractivity contribution in [3.8, 4) is 0 Å². The van der Waals surface area contributed by atoms with Crippen molar-refractivity contribution < 1.29 is 18.6 Å². The van der Waals surface area contributed by atoms with E-state index in [2.05, 4.69) is 63.2 Å². The number of fused-ring (bicyclic) bond motifs is 7. The first-order valence-corrected chi connectivity index (χ1v) is 21.1. The molecule has 0 unspecified atom stereocenters. The number of hydrogen-bond donors (Lipinski definition) is 3. The fourth-order valence-corrected chi connectivity index (χ4v) is 14.9. The fraction of sp³-hybridized carbons (Fsp3) is 0.923. The van der Waals surface area contributed by atoms with Gasteiger partial charge < -0.3 is 15.0 Å². The first-order chi connectivity index (χ1) is 22.0. The van der Waals surface area contributed by atoms with Gasteiger partial charge in [-0.1, -0.05) is 32.9 Å². The molecule has 0 radical (unpaired) electrons. The van der Waals surface area contributed by atoms with Gasteiger partial charge >= 0.3 is 5.97 Å². The predicted octanol–water partition coefficient (Wildman–Crippen LogP) is 7.53. The summed E-state index contributed by atoms with van der Waals surface area (Å²) in [5, 5.41) is 3.99. The van der Waals surface area contributed by atoms with E-state index < -0.39 is 10.6 Å². The molecule has 0 aromatic heterocycles. The monoisotopic (exact) mass is 676 g/mol. The topological polar surface area (TPSA) is 85.3 Å². The van der Waals surface area contributed by atoms with E-state index in [1.807, 2.05) is 0 Å². The minimum atomic E-state index is -2.32. The van der Waals surface area contributed by atoms with Crippen LogP contribution in [0.5, 0.6) is 0 Å². The number of carbonyl (C=O) groups is 1. The summed E-state index contributed by atoms with van der Waals surface area (Å²) in [6, 6.07) is 0. The van der Waals surface area contributed by atoms with Gasteiger partial charge in [-0.3, -0.25) is 18.8 Å². The lowest BCUT2D eigenvalue weighted by Gasteiger charge is -2.73. The van der Waals surface area contributed by atoms with E-state index in [9.17, 15) is 13.9 Å². The first-order valence-electron chi connectivity index (χ1n) is 19.2. The van der Waals surface area contributed by atoms with Crippen LogP contribution in [-0.4, -0.2) is 94.8 Å². The predicted molar refractivity (Wildman–Crippen MR) is 195 cm³/mol. The van der Waals surface area contributed by atoms with Gasteiger partial charge in [0, 0.05) is 25.2 Å². The Morgan fingerprint density at radius 2 is 1.64 bits per heavy atom. The van der Waals surface area contributed by atoms with Crippen LogP contribution in [-0.2, 0) is 9.53 Å². The van der Waals surface area contributed by atoms with Gasteiger partial charge in [-0.25, -0.2) is 0 Å². The summed E-state index contributed by atoms with van der Waals surface area (Å²) in [7, 11) is -0.801. The Kier molecular flexibility index (Phi) is 9.88. The van der Waals surface area contributed by atoms with Crippen LogP contribution in [0.2, 0.25) is 0 Å². The average Bonchev–Trinajstić information content (AvgIpc) is 3.39. The standard InChI is InChI=1S/C39H69N3O4S/c1-28(2)29-12-15-39(27-40-19-9-20-41-22-24-47(44,45)25-23-41)17-16-37(6)30(34(29)39)10-11-32-36(5)18-21-42(26-33(43)46-8)35(3,4)31(36)13-14-38(32,37)7/h29-32,34,40,44-45H,1,9-27H2,2-8H3/t29-,30+,31-,32+,34+,36-,37+,38+,39+/m0/s1. The van der Waals surface area contributed by atoms with E-state index >= 15 is 0 Å². The van der Waals surface area contributed by atoms with Crippen LogP contribution >= 0.6 is 10.6 Å². The number of rotatable bonds is 9. The Labute approximate surface area is 288 Å². The highest BCUT2D eigenvalue weighted by Crippen LogP contribution is 2.76. The van der Waals surface area contributed by atoms with Crippen molar-refractivity contribution in [2.75, 3.05) is 64.4 Å². The minimum Gasteiger partial charge on any atom is -0.468 e. The molecule has 0 amide bonds. The van der Waals surface area contributed by atoms with Gasteiger partial charge in [0.2, 0.25) is 0 Å². The molecule has 9 atom stereocenters. The van der Waals surface area contributed by atoms with Crippen molar-refractivity contribution >= 4 is 16.6 Å². The SMILES string of the molecule is C=C(C)[C@@H]1CC[C@]2(CNCCCN3CCS(O)(O)CC3)CC[C@]3(C)[C@H](CC[C@@H]4[C@@]5(C)CCN(CC(=O)OC)C(C)(C)[C@@H]5CC[C@]43C)[C@@H]12. The van der Waals surface area contributed by atoms with Gasteiger partial charge in [-0.15, -0.1) is 0 Å². The average molecular weight is 676 g/mol. The molecule has 0 spiro atoms. The van der Waals surface area contributed by atoms with Crippen molar-refractivity contribution in [3.05, 3.63) is 12.2 Å². The molecule has 0 bridgehead atoms. The first kappa shape index (κ1) is 36.2. The lowest BCUT2D eigenvalue weighted by molar-refractivity contribution is -0.241. The summed E-state index contributed by atoms with van der Waals surface area (Å²) >= 11 is 0. The van der Waals surface area contributed by atoms with E-state index in [-0.39, 0.29) is 11.5 Å². The Balaban J connectivity index is 1.17. The number of nitrogens with one attached hydrogen (secondary N) is 1. The van der Waals surface area contributed by atoms with Crippen LogP contribution in [0.1, 0.15) is 106 Å². The zero-order valence-corrected chi connectivity index (χ0v) is 31.9. The number of esters is 1. The van der Waals surface area contributed by atoms with Crippen LogP contribution in [0, 0.1) is 51.2 Å². The Bertz CT molecular complexity index is 1180. The van der Waals surface area contributed by atoms with Crippen molar-refractivity contribution in [2.24, 2.45) is 51.2 Å². The highest BCUT2D eigenvalue weighted by molar-refractivity contribution is 8.24. The van der Waals surface area contributed by atoms with Gasteiger partial charge in [-0.05, 0) is 156 Å². The van der Waals surface area contributed by atoms with E-state index in [0.717, 1.165) is 63.4 Å². The molecule has 6 aliphatic rings. The molecule has 4 saturated carbocycles. The summed E-state index contributed by atoms with van der Waals surface area (Å²) in [5.41, 5.74) is 2.75. The van der Waals surface area contributed by atoms with E-state index in [1.54, 1.807) is 0 Å². The normalized spacial score (nSPS) is 45.2. The van der Waals surface area contributed by atoms with Gasteiger partial charge in [0.25, 0.3) is 0 Å². The van der Waals surface area contributed by atoms with Crippen LogP contribution < -0.4 is 5.32 Å². The quantitative estimate of drug-likeness (QED) is 0.132. The van der Waals surface area contributed by atoms with Crippen molar-refractivity contribution in [2.45, 2.75) is 111 Å². The molecule has 2 heterocycles. The van der Waals surface area contributed by atoms with Gasteiger partial charge in [0.1, 0.15) is 0 Å². The molecule has 4 aliphatic carbocycles. The molecule has 2 aliphatic heterocycles. The van der Waals surface area contributed by atoms with E-state index in [4.69, 9.17) is 4.74 Å². The van der Waals surface area contributed by atoms with Gasteiger partial charge in [0.05, 0.1) is 25.2 Å². The van der Waals surface area contributed by atoms with Crippen LogP contribution in [0.4, 0.5) is 0 Å². The molecule has 8 heteroatoms. The second-order valence-electron chi connectivity index (χ2n) is 18.5. The molecule has 2 saturated heterocycles. The second-order valence-corrected chi connectivity index (χ2v) is 21.0. The lowest BCUT2D eigenvalue weighted by atomic mass is 9.33. The van der Waals surface area contributed by atoms with Crippen LogP contribution in [0.3, 0.4) is 0 Å². The molecule has 7 nitrogen and oxygen atoms in total. The molecule has 0 aromatic rings. The third kappa shape index (κ3) is 5.99. The maximum atomic E-state index is 12.4. The van der Waals surface area contributed by atoms with Crippen molar-refractivity contribution in [1.29, 1.82) is 0 Å². The van der Waals surface area contributed by atoms with Crippen LogP contribution in [0.25, 0.3) is 0 Å². The van der Waals surface area contributed by atoms with E-state index in [0.29, 0.717) is 51.5 Å². The third-order valence-corrected chi connectivity index (χ3v) is 18.1. The maximum Gasteiger partial charge on any atom is 0.319 e. The Morgan fingerprint density at radius 3 is 2.32 bits per heavy atom. The molecular weight excluding hydrogens is 607 g/mol. The van der Waals surface area contributed by atoms with E-state index in [1.165, 1.54) is 70.5 Å². The molecule has 6 rings (SSSR count). The second kappa shape index (κ2) is 12.8. The highest BCUT2D eigenvalue weighted by atomic mass is 32.3. The highest BCUT2D eigenvalue weighted by Gasteiger charge is 2.70. The lowest BCUT2D eigenvalue weighted by Crippen LogP contribution is -2.70. The van der Waals surface area contributed by atoms with Gasteiger partial charge in [0.15, 0.2) is 0 Å². The zero-order chi connectivity index (χ0) is 34.0. The number of methoxy groups -OCH3 is 1. The molecule has 6 fully saturated rings. The maximum absolute atomic E-state index is 12.4. The number of nitrogens with zero attached hydrogens (tertiary/aromatic N) is 2. The largest absolute Gasteiger partial charge is 0.468 e. The summed E-state index contributed by atoms with van der Waals surface area (Å²) in [6.07, 6.45) is 12.9. The Hall–Kier alpha value is -0.640. The molecule has 3 N–H and O–H groups in total.